The topological polar surface area (TPSA) is 150 Å². The molecule has 1 heterocycles. The number of carbonyl (C=O) groups is 3. The van der Waals surface area contributed by atoms with Gasteiger partial charge in [-0.3, -0.25) is 23.9 Å². The molecule has 196 valence electrons. The van der Waals surface area contributed by atoms with E-state index < -0.39 is 47.7 Å². The lowest BCUT2D eigenvalue weighted by atomic mass is 10.0. The molecule has 2 amide bonds. The summed E-state index contributed by atoms with van der Waals surface area (Å²) in [7, 11) is 0. The maximum atomic E-state index is 13.1. The van der Waals surface area contributed by atoms with Gasteiger partial charge in [-0.25, -0.2) is 9.59 Å². The number of nitrogens with one attached hydrogen (secondary N) is 3. The Morgan fingerprint density at radius 3 is 1.89 bits per heavy atom. The zero-order chi connectivity index (χ0) is 27.4. The summed E-state index contributed by atoms with van der Waals surface area (Å²) in [6.07, 6.45) is 1.43. The van der Waals surface area contributed by atoms with Crippen LogP contribution in [0, 0.1) is 6.92 Å². The van der Waals surface area contributed by atoms with Crippen LogP contribution in [0.2, 0.25) is 0 Å². The third kappa shape index (κ3) is 8.92. The molecular formula is C27H32N4O6. The fourth-order valence-corrected chi connectivity index (χ4v) is 3.51. The molecule has 0 bridgehead atoms. The quantitative estimate of drug-likeness (QED) is 0.325. The Hall–Kier alpha value is -4.47. The lowest BCUT2D eigenvalue weighted by Gasteiger charge is -2.22. The number of aromatic amines is 1. The van der Waals surface area contributed by atoms with E-state index in [0.29, 0.717) is 0 Å². The van der Waals surface area contributed by atoms with Crippen molar-refractivity contribution in [1.82, 2.24) is 20.2 Å². The summed E-state index contributed by atoms with van der Waals surface area (Å²) in [6, 6.07) is 15.5. The first kappa shape index (κ1) is 28.8. The summed E-state index contributed by atoms with van der Waals surface area (Å²) < 4.78 is 1.03. The minimum atomic E-state index is -1.21. The third-order valence-electron chi connectivity index (χ3n) is 5.33. The van der Waals surface area contributed by atoms with Crippen LogP contribution in [0.3, 0.4) is 0 Å². The Morgan fingerprint density at radius 2 is 1.38 bits per heavy atom. The number of nitrogens with zero attached hydrogens (tertiary/aromatic N) is 1. The van der Waals surface area contributed by atoms with Gasteiger partial charge in [0.2, 0.25) is 11.8 Å². The Balaban J connectivity index is 0.00000235. The zero-order valence-electron chi connectivity index (χ0n) is 21.1. The summed E-state index contributed by atoms with van der Waals surface area (Å²) in [5.41, 5.74) is 0.428. The molecule has 0 aliphatic carbocycles. The van der Waals surface area contributed by atoms with E-state index in [1.807, 2.05) is 19.9 Å². The van der Waals surface area contributed by atoms with E-state index in [-0.39, 0.29) is 18.4 Å². The lowest BCUT2D eigenvalue weighted by Crippen LogP contribution is -2.53. The maximum Gasteiger partial charge on any atom is 0.328 e. The number of aromatic nitrogens is 2. The number of carboxylic acid groups (broad SMARTS) is 1. The molecule has 0 spiro atoms. The molecule has 0 radical (unpaired) electrons. The maximum absolute atomic E-state index is 13.1. The average molecular weight is 509 g/mol. The first-order chi connectivity index (χ1) is 17.7. The van der Waals surface area contributed by atoms with Crippen molar-refractivity contribution in [1.29, 1.82) is 0 Å². The van der Waals surface area contributed by atoms with Crippen LogP contribution in [0.5, 0.6) is 0 Å². The summed E-state index contributed by atoms with van der Waals surface area (Å²) in [4.78, 5) is 63.3. The van der Waals surface area contributed by atoms with Crippen molar-refractivity contribution < 1.29 is 19.5 Å². The van der Waals surface area contributed by atoms with Crippen molar-refractivity contribution in [3.8, 4) is 0 Å². The molecule has 0 saturated heterocycles. The van der Waals surface area contributed by atoms with Gasteiger partial charge in [0.25, 0.3) is 5.56 Å². The van der Waals surface area contributed by atoms with Crippen molar-refractivity contribution >= 4 is 17.8 Å². The van der Waals surface area contributed by atoms with Crippen molar-refractivity contribution in [2.24, 2.45) is 0 Å². The van der Waals surface area contributed by atoms with Gasteiger partial charge in [0.05, 0.1) is 0 Å². The fraction of sp³-hybridized carbons (Fsp3) is 0.296. The monoisotopic (exact) mass is 508 g/mol. The van der Waals surface area contributed by atoms with Gasteiger partial charge in [-0.05, 0) is 18.1 Å². The Labute approximate surface area is 214 Å². The summed E-state index contributed by atoms with van der Waals surface area (Å²) in [6.45, 7) is 5.07. The summed E-state index contributed by atoms with van der Waals surface area (Å²) in [5, 5.41) is 14.7. The first-order valence-electron chi connectivity index (χ1n) is 11.9. The number of benzene rings is 2. The van der Waals surface area contributed by atoms with E-state index in [2.05, 4.69) is 15.6 Å². The van der Waals surface area contributed by atoms with E-state index in [0.717, 1.165) is 15.7 Å². The van der Waals surface area contributed by atoms with E-state index in [4.69, 9.17) is 0 Å². The third-order valence-corrected chi connectivity index (χ3v) is 5.33. The van der Waals surface area contributed by atoms with Gasteiger partial charge in [0, 0.05) is 24.6 Å². The minimum absolute atomic E-state index is 0.0694. The largest absolute Gasteiger partial charge is 0.480 e. The second kappa shape index (κ2) is 14.2. The number of amides is 2. The van der Waals surface area contributed by atoms with E-state index in [1.165, 1.54) is 13.1 Å². The number of hydrogen-bond acceptors (Lipinski definition) is 5. The van der Waals surface area contributed by atoms with Crippen LogP contribution in [-0.4, -0.2) is 44.5 Å². The normalized spacial score (nSPS) is 11.9. The summed E-state index contributed by atoms with van der Waals surface area (Å²) >= 11 is 0. The molecule has 3 rings (SSSR count). The van der Waals surface area contributed by atoms with Crippen LogP contribution >= 0.6 is 0 Å². The Morgan fingerprint density at radius 1 is 0.865 bits per heavy atom. The molecule has 2 atom stereocenters. The number of hydrogen-bond donors (Lipinski definition) is 4. The number of carboxylic acids is 1. The molecule has 0 aliphatic rings. The lowest BCUT2D eigenvalue weighted by molar-refractivity contribution is -0.142. The van der Waals surface area contributed by atoms with Gasteiger partial charge >= 0.3 is 11.7 Å². The van der Waals surface area contributed by atoms with Crippen molar-refractivity contribution in [3.05, 3.63) is 104 Å². The molecular weight excluding hydrogens is 476 g/mol. The summed E-state index contributed by atoms with van der Waals surface area (Å²) in [5.74, 6) is -2.53. The van der Waals surface area contributed by atoms with Crippen LogP contribution in [0.15, 0.2) is 76.4 Å². The van der Waals surface area contributed by atoms with Crippen LogP contribution in [0.25, 0.3) is 0 Å². The minimum Gasteiger partial charge on any atom is -0.480 e. The van der Waals surface area contributed by atoms with Crippen LogP contribution in [-0.2, 0) is 33.8 Å². The van der Waals surface area contributed by atoms with Gasteiger partial charge in [-0.2, -0.15) is 0 Å². The predicted molar refractivity (Wildman–Crippen MR) is 139 cm³/mol. The predicted octanol–water partition coefficient (Wildman–Crippen LogP) is 1.41. The highest BCUT2D eigenvalue weighted by molar-refractivity contribution is 5.90. The van der Waals surface area contributed by atoms with Gasteiger partial charge in [0.1, 0.15) is 18.6 Å². The number of rotatable bonds is 10. The molecule has 3 aromatic rings. The van der Waals surface area contributed by atoms with E-state index in [9.17, 15) is 29.1 Å². The molecule has 10 nitrogen and oxygen atoms in total. The van der Waals surface area contributed by atoms with Gasteiger partial charge in [-0.1, -0.05) is 74.5 Å². The number of aliphatic carboxylic acids is 1. The molecule has 2 unspecified atom stereocenters. The Kier molecular flexibility index (Phi) is 11.0. The van der Waals surface area contributed by atoms with Crippen LogP contribution in [0.1, 0.15) is 30.5 Å². The molecule has 4 N–H and O–H groups in total. The van der Waals surface area contributed by atoms with Crippen molar-refractivity contribution in [3.63, 3.8) is 0 Å². The van der Waals surface area contributed by atoms with E-state index in [1.54, 1.807) is 54.6 Å². The van der Waals surface area contributed by atoms with Gasteiger partial charge < -0.3 is 15.7 Å². The smallest absolute Gasteiger partial charge is 0.328 e. The molecule has 0 aliphatic heterocycles. The zero-order valence-corrected chi connectivity index (χ0v) is 21.1. The van der Waals surface area contributed by atoms with Crippen molar-refractivity contribution in [2.45, 2.75) is 52.2 Å². The molecule has 37 heavy (non-hydrogen) atoms. The van der Waals surface area contributed by atoms with Gasteiger partial charge in [0.15, 0.2) is 0 Å². The molecule has 10 heteroatoms. The first-order valence-corrected chi connectivity index (χ1v) is 11.9. The standard InChI is InChI=1S/C25H26N4O6.C2H6/c1-16-14-29(25(35)28-22(16)31)15-21(30)26-19(12-17-8-4-2-5-9-17)23(32)27-20(24(33)34)13-18-10-6-3-7-11-18;1-2/h2-11,14,19-20H,12-13,15H2,1H3,(H,26,30)(H,27,32)(H,33,34)(H,28,31,35);1-2H3. The molecule has 0 saturated carbocycles. The van der Waals surface area contributed by atoms with Crippen LogP contribution in [0.4, 0.5) is 0 Å². The second-order valence-electron chi connectivity index (χ2n) is 8.10. The molecule has 2 aromatic carbocycles. The second-order valence-corrected chi connectivity index (χ2v) is 8.10. The van der Waals surface area contributed by atoms with Gasteiger partial charge in [-0.15, -0.1) is 0 Å². The molecule has 1 aromatic heterocycles. The number of H-pyrrole nitrogens is 1. The van der Waals surface area contributed by atoms with Crippen molar-refractivity contribution in [2.75, 3.05) is 0 Å². The SMILES string of the molecule is CC.Cc1cn(CC(=O)NC(Cc2ccccc2)C(=O)NC(Cc2ccccc2)C(=O)O)c(=O)[nH]c1=O. The highest BCUT2D eigenvalue weighted by atomic mass is 16.4. The fourth-order valence-electron chi connectivity index (χ4n) is 3.51. The average Bonchev–Trinajstić information content (AvgIpc) is 2.89. The Bertz CT molecular complexity index is 1300. The number of aryl methyl sites for hydroxylation is 1. The molecule has 0 fully saturated rings. The number of carbonyl (C=O) groups excluding carboxylic acids is 2. The highest BCUT2D eigenvalue weighted by Gasteiger charge is 2.27. The highest BCUT2D eigenvalue weighted by Crippen LogP contribution is 2.07. The van der Waals surface area contributed by atoms with Crippen LogP contribution < -0.4 is 21.9 Å². The van der Waals surface area contributed by atoms with E-state index >= 15 is 0 Å².